The number of anilines is 1. The number of nitrogens with zero attached hydrogens (tertiary/aromatic N) is 5. The molecule has 3 amide bonds. The van der Waals surface area contributed by atoms with Crippen molar-refractivity contribution in [3.63, 3.8) is 0 Å². The Kier molecular flexibility index (Phi) is 9.10. The second-order valence-electron chi connectivity index (χ2n) is 11.8. The van der Waals surface area contributed by atoms with E-state index in [2.05, 4.69) is 28.2 Å². The summed E-state index contributed by atoms with van der Waals surface area (Å²) in [6.45, 7) is 8.32. The number of aliphatic hydroxyl groups is 1. The lowest BCUT2D eigenvalue weighted by Crippen LogP contribution is -2.60. The molecule has 0 bridgehead atoms. The number of carbonyl (C=O) groups is 2. The van der Waals surface area contributed by atoms with Gasteiger partial charge in [-0.05, 0) is 73.9 Å². The van der Waals surface area contributed by atoms with Crippen LogP contribution in [0.3, 0.4) is 0 Å². The van der Waals surface area contributed by atoms with Crippen molar-refractivity contribution in [1.82, 2.24) is 24.3 Å². The number of nitrogens with one attached hydrogen (secondary N) is 1. The van der Waals surface area contributed by atoms with Crippen LogP contribution in [-0.4, -0.2) is 106 Å². The maximum absolute atomic E-state index is 12.8. The number of urea groups is 1. The predicted octanol–water partition coefficient (Wildman–Crippen LogP) is 0.172. The van der Waals surface area contributed by atoms with Crippen molar-refractivity contribution in [2.75, 3.05) is 64.3 Å². The van der Waals surface area contributed by atoms with Crippen molar-refractivity contribution in [2.24, 2.45) is 22.8 Å². The van der Waals surface area contributed by atoms with Gasteiger partial charge in [0.05, 0.1) is 12.3 Å². The number of aromatic nitrogens is 2. The molecule has 13 heteroatoms. The Labute approximate surface area is 246 Å². The highest BCUT2D eigenvalue weighted by Gasteiger charge is 2.58. The van der Waals surface area contributed by atoms with Gasteiger partial charge in [0.15, 0.2) is 0 Å². The zero-order chi connectivity index (χ0) is 28.7. The number of likely N-dealkylation sites (tertiary alicyclic amines) is 1. The average molecular weight is 589 g/mol. The molecule has 0 radical (unpaired) electrons. The minimum absolute atomic E-state index is 0. The lowest BCUT2D eigenvalue weighted by molar-refractivity contribution is -0.139. The number of piperidine rings is 1. The standard InChI is InChI=1S/C28H40N8O4.ClH/c1-19-13-22(4-3-20(19)5-7-33-15-21-14-28(21,16-29)17-33)36-8-6-23(32-26(36)40)31-25(39)35-11-9-34(10-12-35)24(38)27(2,30)18-37;/h3-4,6,8,13,21,37H,5,7,9-12,14-18,29-30H2,1-2H3,(H,31,32,39,40);1H/t21?,27-,28?;/m0./s1. The van der Waals surface area contributed by atoms with Crippen LogP contribution in [0.2, 0.25) is 0 Å². The molecule has 3 atom stereocenters. The van der Waals surface area contributed by atoms with Crippen molar-refractivity contribution >= 4 is 30.2 Å². The van der Waals surface area contributed by atoms with Crippen LogP contribution in [0.1, 0.15) is 24.5 Å². The molecule has 2 aromatic rings. The average Bonchev–Trinajstić information content (AvgIpc) is 3.51. The molecule has 3 aliphatic rings. The molecule has 2 unspecified atom stereocenters. The van der Waals surface area contributed by atoms with Gasteiger partial charge in [0.2, 0.25) is 5.91 Å². The first-order valence-electron chi connectivity index (χ1n) is 13.9. The Morgan fingerprint density at radius 1 is 1.20 bits per heavy atom. The van der Waals surface area contributed by atoms with Gasteiger partial charge in [-0.3, -0.25) is 14.7 Å². The summed E-state index contributed by atoms with van der Waals surface area (Å²) in [5, 5.41) is 12.0. The first kappa shape index (κ1) is 30.9. The summed E-state index contributed by atoms with van der Waals surface area (Å²) in [6.07, 6.45) is 3.84. The van der Waals surface area contributed by atoms with Gasteiger partial charge in [0.1, 0.15) is 11.4 Å². The van der Waals surface area contributed by atoms with E-state index in [1.54, 1.807) is 17.2 Å². The molecule has 1 saturated carbocycles. The van der Waals surface area contributed by atoms with Crippen LogP contribution in [-0.2, 0) is 11.2 Å². The van der Waals surface area contributed by atoms with Gasteiger partial charge in [-0.2, -0.15) is 4.98 Å². The summed E-state index contributed by atoms with van der Waals surface area (Å²) in [4.78, 5) is 47.7. The fourth-order valence-electron chi connectivity index (χ4n) is 5.98. The number of aryl methyl sites for hydroxylation is 1. The molecule has 6 N–H and O–H groups in total. The van der Waals surface area contributed by atoms with Crippen LogP contribution >= 0.6 is 12.4 Å². The number of benzene rings is 1. The van der Waals surface area contributed by atoms with E-state index in [9.17, 15) is 19.5 Å². The Bertz CT molecular complexity index is 1340. The van der Waals surface area contributed by atoms with Gasteiger partial charge in [0.25, 0.3) is 0 Å². The Balaban J connectivity index is 0.00000387. The minimum atomic E-state index is -1.35. The highest BCUT2D eigenvalue weighted by molar-refractivity contribution is 5.89. The zero-order valence-electron chi connectivity index (χ0n) is 23.7. The normalized spacial score (nSPS) is 23.4. The smallest absolute Gasteiger partial charge is 0.354 e. The van der Waals surface area contributed by atoms with Crippen molar-refractivity contribution in [3.05, 3.63) is 52.1 Å². The Morgan fingerprint density at radius 2 is 1.90 bits per heavy atom. The molecule has 1 aromatic carbocycles. The molecular weight excluding hydrogens is 548 g/mol. The van der Waals surface area contributed by atoms with Gasteiger partial charge < -0.3 is 31.3 Å². The van der Waals surface area contributed by atoms with Gasteiger partial charge in [-0.1, -0.05) is 6.07 Å². The zero-order valence-corrected chi connectivity index (χ0v) is 24.5. The van der Waals surface area contributed by atoms with Crippen LogP contribution in [0.4, 0.5) is 10.6 Å². The lowest BCUT2D eigenvalue weighted by Gasteiger charge is -2.37. The quantitative estimate of drug-likeness (QED) is 0.339. The number of aliphatic hydroxyl groups excluding tert-OH is 1. The number of hydrogen-bond donors (Lipinski definition) is 4. The number of hydrogen-bond acceptors (Lipinski definition) is 8. The van der Waals surface area contributed by atoms with Gasteiger partial charge in [-0.15, -0.1) is 12.4 Å². The third-order valence-electron chi connectivity index (χ3n) is 8.79. The van der Waals surface area contributed by atoms with Crippen molar-refractivity contribution < 1.29 is 14.7 Å². The first-order valence-corrected chi connectivity index (χ1v) is 13.9. The fraction of sp³-hybridized carbons (Fsp3) is 0.571. The molecule has 5 rings (SSSR count). The summed E-state index contributed by atoms with van der Waals surface area (Å²) in [7, 11) is 0. The molecule has 2 saturated heterocycles. The fourth-order valence-corrected chi connectivity index (χ4v) is 5.98. The summed E-state index contributed by atoms with van der Waals surface area (Å²) >= 11 is 0. The van der Waals surface area contributed by atoms with E-state index in [1.807, 2.05) is 12.1 Å². The summed E-state index contributed by atoms with van der Waals surface area (Å²) in [6, 6.07) is 7.18. The number of piperazine rings is 1. The monoisotopic (exact) mass is 588 g/mol. The second-order valence-corrected chi connectivity index (χ2v) is 11.8. The number of nitrogens with two attached hydrogens (primary N) is 2. The number of rotatable bonds is 8. The van der Waals surface area contributed by atoms with Crippen molar-refractivity contribution in [3.8, 4) is 5.69 Å². The molecule has 1 aliphatic carbocycles. The van der Waals surface area contributed by atoms with E-state index in [4.69, 9.17) is 11.5 Å². The number of carbonyl (C=O) groups excluding carboxylic acids is 2. The molecule has 2 aliphatic heterocycles. The Hall–Kier alpha value is -3.03. The van der Waals surface area contributed by atoms with Crippen LogP contribution in [0.15, 0.2) is 35.3 Å². The van der Waals surface area contributed by atoms with Crippen LogP contribution in [0.25, 0.3) is 5.69 Å². The number of fused-ring (bicyclic) bond motifs is 1. The van der Waals surface area contributed by atoms with Crippen molar-refractivity contribution in [1.29, 1.82) is 0 Å². The molecule has 1 aromatic heterocycles. The van der Waals surface area contributed by atoms with E-state index in [-0.39, 0.29) is 24.1 Å². The lowest BCUT2D eigenvalue weighted by atomic mass is 10.0. The number of halogens is 1. The van der Waals surface area contributed by atoms with E-state index < -0.39 is 23.9 Å². The summed E-state index contributed by atoms with van der Waals surface area (Å²) < 4.78 is 1.46. The van der Waals surface area contributed by atoms with Crippen molar-refractivity contribution in [2.45, 2.75) is 32.2 Å². The first-order chi connectivity index (χ1) is 19.0. The van der Waals surface area contributed by atoms with Gasteiger partial charge >= 0.3 is 11.7 Å². The second kappa shape index (κ2) is 12.1. The minimum Gasteiger partial charge on any atom is -0.394 e. The van der Waals surface area contributed by atoms with E-state index in [0.717, 1.165) is 49.8 Å². The molecule has 3 fully saturated rings. The number of amides is 3. The molecule has 0 spiro atoms. The van der Waals surface area contributed by atoms with Gasteiger partial charge in [0, 0.05) is 52.0 Å². The van der Waals surface area contributed by atoms with Crippen LogP contribution in [0.5, 0.6) is 0 Å². The Morgan fingerprint density at radius 3 is 2.51 bits per heavy atom. The highest BCUT2D eigenvalue weighted by Crippen LogP contribution is 2.56. The van der Waals surface area contributed by atoms with E-state index >= 15 is 0 Å². The third kappa shape index (κ3) is 6.41. The third-order valence-corrected chi connectivity index (χ3v) is 8.79. The molecular formula is C28H41ClN8O4. The summed E-state index contributed by atoms with van der Waals surface area (Å²) in [5.41, 5.74) is 13.5. The van der Waals surface area contributed by atoms with Gasteiger partial charge in [-0.25, -0.2) is 9.59 Å². The predicted molar refractivity (Wildman–Crippen MR) is 158 cm³/mol. The molecule has 3 heterocycles. The topological polar surface area (TPSA) is 163 Å². The molecule has 12 nitrogen and oxygen atoms in total. The SMILES string of the molecule is Cc1cc(-n2ccc(NC(=O)N3CCN(C(=O)[C@@](C)(N)CO)CC3)nc2=O)ccc1CCN1CC2CC2(CN)C1.Cl. The largest absolute Gasteiger partial charge is 0.394 e. The molecule has 41 heavy (non-hydrogen) atoms. The van der Waals surface area contributed by atoms with Crippen LogP contribution in [0, 0.1) is 18.3 Å². The van der Waals surface area contributed by atoms with E-state index in [0.29, 0.717) is 31.6 Å². The molecule has 224 valence electrons. The summed E-state index contributed by atoms with van der Waals surface area (Å²) in [5.74, 6) is 0.577. The van der Waals surface area contributed by atoms with E-state index in [1.165, 1.54) is 28.4 Å². The van der Waals surface area contributed by atoms with Crippen LogP contribution < -0.4 is 22.5 Å². The maximum atomic E-state index is 12.8. The highest BCUT2D eigenvalue weighted by atomic mass is 35.5. The maximum Gasteiger partial charge on any atom is 0.354 e.